The Labute approximate surface area is 87.2 Å². The Morgan fingerprint density at radius 1 is 1.36 bits per heavy atom. The summed E-state index contributed by atoms with van der Waals surface area (Å²) in [5.41, 5.74) is 5.33. The van der Waals surface area contributed by atoms with Crippen molar-refractivity contribution >= 4 is 5.84 Å². The molecule has 3 nitrogen and oxygen atoms in total. The van der Waals surface area contributed by atoms with Gasteiger partial charge in [-0.1, -0.05) is 13.8 Å². The summed E-state index contributed by atoms with van der Waals surface area (Å²) in [6.07, 6.45) is 3.15. The molecule has 0 aliphatic carbocycles. The zero-order chi connectivity index (χ0) is 10.6. The minimum atomic E-state index is 0.322. The van der Waals surface area contributed by atoms with E-state index in [1.54, 1.807) is 0 Å². The quantitative estimate of drug-likeness (QED) is 0.532. The summed E-state index contributed by atoms with van der Waals surface area (Å²) in [5.74, 6) is 1.98. The van der Waals surface area contributed by atoms with Crippen LogP contribution in [0.2, 0.25) is 0 Å². The maximum atomic E-state index is 7.15. The van der Waals surface area contributed by atoms with E-state index in [2.05, 4.69) is 18.7 Å². The molecule has 0 aromatic heterocycles. The van der Waals surface area contributed by atoms with Crippen molar-refractivity contribution in [2.24, 2.45) is 17.6 Å². The number of piperidine rings is 1. The third-order valence-corrected chi connectivity index (χ3v) is 2.86. The Hall–Kier alpha value is -0.570. The smallest absolute Gasteiger partial charge is 0.0905 e. The van der Waals surface area contributed by atoms with Crippen molar-refractivity contribution in [2.75, 3.05) is 19.6 Å². The molecule has 0 bridgehead atoms. The molecule has 0 aromatic carbocycles. The third-order valence-electron chi connectivity index (χ3n) is 2.86. The van der Waals surface area contributed by atoms with Gasteiger partial charge in [0, 0.05) is 19.5 Å². The van der Waals surface area contributed by atoms with Crippen LogP contribution >= 0.6 is 0 Å². The number of rotatable bonds is 4. The van der Waals surface area contributed by atoms with Gasteiger partial charge in [0.1, 0.15) is 0 Å². The van der Waals surface area contributed by atoms with Crippen LogP contribution < -0.4 is 5.73 Å². The highest BCUT2D eigenvalue weighted by Gasteiger charge is 2.20. The molecule has 14 heavy (non-hydrogen) atoms. The van der Waals surface area contributed by atoms with Crippen LogP contribution in [0.4, 0.5) is 0 Å². The van der Waals surface area contributed by atoms with Crippen LogP contribution in [0.5, 0.6) is 0 Å². The van der Waals surface area contributed by atoms with E-state index in [0.29, 0.717) is 5.84 Å². The maximum Gasteiger partial charge on any atom is 0.0905 e. The molecule has 3 N–H and O–H groups in total. The molecule has 0 aromatic rings. The minimum absolute atomic E-state index is 0.322. The van der Waals surface area contributed by atoms with Crippen LogP contribution in [0.15, 0.2) is 0 Å². The van der Waals surface area contributed by atoms with Crippen molar-refractivity contribution in [3.63, 3.8) is 0 Å². The third kappa shape index (κ3) is 4.09. The molecule has 2 unspecified atom stereocenters. The van der Waals surface area contributed by atoms with Gasteiger partial charge in [0.25, 0.3) is 0 Å². The van der Waals surface area contributed by atoms with Gasteiger partial charge >= 0.3 is 0 Å². The van der Waals surface area contributed by atoms with Crippen LogP contribution in [-0.2, 0) is 0 Å². The van der Waals surface area contributed by atoms with E-state index < -0.39 is 0 Å². The molecule has 82 valence electrons. The van der Waals surface area contributed by atoms with E-state index in [-0.39, 0.29) is 0 Å². The van der Waals surface area contributed by atoms with E-state index in [1.165, 1.54) is 19.5 Å². The number of nitrogens with one attached hydrogen (secondary N) is 1. The summed E-state index contributed by atoms with van der Waals surface area (Å²) in [6, 6.07) is 0. The van der Waals surface area contributed by atoms with Crippen LogP contribution in [-0.4, -0.2) is 30.4 Å². The topological polar surface area (TPSA) is 53.1 Å². The number of hydrogen-bond acceptors (Lipinski definition) is 2. The number of nitrogens with zero attached hydrogens (tertiary/aromatic N) is 1. The first-order valence-electron chi connectivity index (χ1n) is 5.63. The van der Waals surface area contributed by atoms with Crippen molar-refractivity contribution < 1.29 is 0 Å². The summed E-state index contributed by atoms with van der Waals surface area (Å²) in [6.45, 7) is 8.21. The number of likely N-dealkylation sites (tertiary alicyclic amines) is 1. The maximum absolute atomic E-state index is 7.15. The molecule has 3 heteroatoms. The fraction of sp³-hybridized carbons (Fsp3) is 0.909. The van der Waals surface area contributed by atoms with E-state index in [1.807, 2.05) is 0 Å². The lowest BCUT2D eigenvalue weighted by molar-refractivity contribution is 0.140. The van der Waals surface area contributed by atoms with Crippen LogP contribution in [0.3, 0.4) is 0 Å². The lowest BCUT2D eigenvalue weighted by Crippen LogP contribution is -2.39. The van der Waals surface area contributed by atoms with Gasteiger partial charge in [0.2, 0.25) is 0 Å². The van der Waals surface area contributed by atoms with Gasteiger partial charge in [-0.15, -0.1) is 0 Å². The van der Waals surface area contributed by atoms with Crippen molar-refractivity contribution in [3.8, 4) is 0 Å². The van der Waals surface area contributed by atoms with Crippen LogP contribution in [0.1, 0.15) is 33.1 Å². The van der Waals surface area contributed by atoms with E-state index in [0.717, 1.165) is 31.2 Å². The van der Waals surface area contributed by atoms with Crippen LogP contribution in [0, 0.1) is 17.2 Å². The first-order valence-corrected chi connectivity index (χ1v) is 5.63. The van der Waals surface area contributed by atoms with Gasteiger partial charge < -0.3 is 10.6 Å². The molecule has 2 atom stereocenters. The summed E-state index contributed by atoms with van der Waals surface area (Å²) in [4.78, 5) is 2.52. The zero-order valence-electron chi connectivity index (χ0n) is 9.42. The molecule has 0 saturated carbocycles. The predicted molar refractivity (Wildman–Crippen MR) is 60.5 cm³/mol. The lowest BCUT2D eigenvalue weighted by atomic mass is 9.92. The average Bonchev–Trinajstić information content (AvgIpc) is 2.01. The van der Waals surface area contributed by atoms with Gasteiger partial charge in [-0.3, -0.25) is 5.41 Å². The standard InChI is InChI=1S/C11H23N3/c1-9-6-10(2)8-14(7-9)5-3-4-11(12)13/h9-10H,3-8H2,1-2H3,(H3,12,13). The summed E-state index contributed by atoms with van der Waals surface area (Å²) < 4.78 is 0. The second kappa shape index (κ2) is 5.35. The molecule has 0 radical (unpaired) electrons. The van der Waals surface area contributed by atoms with Gasteiger partial charge in [-0.2, -0.15) is 0 Å². The summed E-state index contributed by atoms with van der Waals surface area (Å²) in [7, 11) is 0. The van der Waals surface area contributed by atoms with Gasteiger partial charge in [0.15, 0.2) is 0 Å². The Kier molecular flexibility index (Phi) is 4.39. The molecule has 1 aliphatic heterocycles. The van der Waals surface area contributed by atoms with E-state index in [9.17, 15) is 0 Å². The highest BCUT2D eigenvalue weighted by atomic mass is 15.1. The van der Waals surface area contributed by atoms with Crippen molar-refractivity contribution in [3.05, 3.63) is 0 Å². The lowest BCUT2D eigenvalue weighted by Gasteiger charge is -2.34. The van der Waals surface area contributed by atoms with Crippen LogP contribution in [0.25, 0.3) is 0 Å². The van der Waals surface area contributed by atoms with Crippen molar-refractivity contribution in [1.82, 2.24) is 4.90 Å². The number of hydrogen-bond donors (Lipinski definition) is 2. The molecule has 1 fully saturated rings. The molecule has 0 spiro atoms. The van der Waals surface area contributed by atoms with Crippen molar-refractivity contribution in [2.45, 2.75) is 33.1 Å². The highest BCUT2D eigenvalue weighted by Crippen LogP contribution is 2.20. The largest absolute Gasteiger partial charge is 0.388 e. The molecule has 0 amide bonds. The second-order valence-electron chi connectivity index (χ2n) is 4.83. The second-order valence-corrected chi connectivity index (χ2v) is 4.83. The first kappa shape index (κ1) is 11.5. The monoisotopic (exact) mass is 197 g/mol. The zero-order valence-corrected chi connectivity index (χ0v) is 9.42. The van der Waals surface area contributed by atoms with Gasteiger partial charge in [0.05, 0.1) is 5.84 Å². The van der Waals surface area contributed by atoms with E-state index >= 15 is 0 Å². The Bertz CT molecular complexity index is 181. The van der Waals surface area contributed by atoms with Gasteiger partial charge in [-0.05, 0) is 31.2 Å². The van der Waals surface area contributed by atoms with E-state index in [4.69, 9.17) is 11.1 Å². The van der Waals surface area contributed by atoms with Crippen molar-refractivity contribution in [1.29, 1.82) is 5.41 Å². The molecular weight excluding hydrogens is 174 g/mol. The highest BCUT2D eigenvalue weighted by molar-refractivity contribution is 5.76. The summed E-state index contributed by atoms with van der Waals surface area (Å²) >= 11 is 0. The Morgan fingerprint density at radius 3 is 2.43 bits per heavy atom. The fourth-order valence-corrected chi connectivity index (χ4v) is 2.47. The number of amidine groups is 1. The summed E-state index contributed by atoms with van der Waals surface area (Å²) in [5, 5.41) is 7.15. The predicted octanol–water partition coefficient (Wildman–Crippen LogP) is 1.68. The minimum Gasteiger partial charge on any atom is -0.388 e. The Balaban J connectivity index is 2.20. The molecular formula is C11H23N3. The molecule has 1 saturated heterocycles. The van der Waals surface area contributed by atoms with Gasteiger partial charge in [-0.25, -0.2) is 0 Å². The molecule has 1 aliphatic rings. The molecule has 1 heterocycles. The average molecular weight is 197 g/mol. The first-order chi connectivity index (χ1) is 6.58. The fourth-order valence-electron chi connectivity index (χ4n) is 2.47. The molecule has 1 rings (SSSR count). The normalized spacial score (nSPS) is 29.0. The Morgan fingerprint density at radius 2 is 1.93 bits per heavy atom. The SMILES string of the molecule is CC1CC(C)CN(CCCC(=N)N)C1. The number of nitrogens with two attached hydrogens (primary N) is 1.